The van der Waals surface area contributed by atoms with E-state index in [2.05, 4.69) is 0 Å². The predicted octanol–water partition coefficient (Wildman–Crippen LogP) is 1.82. The van der Waals surface area contributed by atoms with E-state index in [1.807, 2.05) is 20.8 Å². The van der Waals surface area contributed by atoms with Gasteiger partial charge < -0.3 is 24.3 Å². The first kappa shape index (κ1) is 17.8. The summed E-state index contributed by atoms with van der Waals surface area (Å²) in [5.74, 6) is -0.209. The molecular weight excluding hydrogens is 334 g/mol. The number of carbonyl (C=O) groups is 2. The third kappa shape index (κ3) is 3.64. The van der Waals surface area contributed by atoms with Crippen molar-refractivity contribution >= 4 is 12.0 Å². The Morgan fingerprint density at radius 2 is 1.88 bits per heavy atom. The summed E-state index contributed by atoms with van der Waals surface area (Å²) < 4.78 is 30.9. The average Bonchev–Trinajstić information content (AvgIpc) is 3.06. The molecule has 3 heterocycles. The molecule has 0 N–H and O–H groups in total. The third-order valence-corrected chi connectivity index (χ3v) is 4.57. The lowest BCUT2D eigenvalue weighted by Crippen LogP contribution is -2.49. The Balaban J connectivity index is 1.55. The lowest BCUT2D eigenvalue weighted by molar-refractivity contribution is -0.127. The molecule has 2 amide bonds. The Bertz CT molecular complexity index is 582. The average molecular weight is 358 g/mol. The molecule has 0 bridgehead atoms. The van der Waals surface area contributed by atoms with Gasteiger partial charge in [-0.2, -0.15) is 8.78 Å². The van der Waals surface area contributed by atoms with Crippen molar-refractivity contribution in [1.82, 2.24) is 19.6 Å². The fourth-order valence-electron chi connectivity index (χ4n) is 3.35. The summed E-state index contributed by atoms with van der Waals surface area (Å²) in [6.07, 6.45) is 2.22. The summed E-state index contributed by atoms with van der Waals surface area (Å²) in [4.78, 5) is 30.5. The molecule has 140 valence electrons. The summed E-state index contributed by atoms with van der Waals surface area (Å²) in [6, 6.07) is 0.0117. The monoisotopic (exact) mass is 358 g/mol. The molecule has 2 saturated heterocycles. The molecule has 0 radical (unpaired) electrons. The maximum Gasteiger partial charge on any atom is 0.410 e. The van der Waals surface area contributed by atoms with Crippen molar-refractivity contribution in [2.45, 2.75) is 51.8 Å². The Labute approximate surface area is 145 Å². The van der Waals surface area contributed by atoms with Crippen LogP contribution in [-0.2, 0) is 9.53 Å². The van der Waals surface area contributed by atoms with Crippen molar-refractivity contribution < 1.29 is 23.1 Å². The smallest absolute Gasteiger partial charge is 0.410 e. The van der Waals surface area contributed by atoms with E-state index in [9.17, 15) is 18.4 Å². The van der Waals surface area contributed by atoms with Gasteiger partial charge in [-0.1, -0.05) is 0 Å². The van der Waals surface area contributed by atoms with E-state index in [-0.39, 0.29) is 24.7 Å². The van der Waals surface area contributed by atoms with Crippen molar-refractivity contribution in [1.29, 1.82) is 0 Å². The largest absolute Gasteiger partial charge is 0.444 e. The highest BCUT2D eigenvalue weighted by atomic mass is 19.3. The molecule has 0 aromatic rings. The van der Waals surface area contributed by atoms with Gasteiger partial charge in [0, 0.05) is 25.3 Å². The minimum atomic E-state index is -2.60. The first-order valence-electron chi connectivity index (χ1n) is 8.45. The van der Waals surface area contributed by atoms with Crippen LogP contribution in [0.2, 0.25) is 0 Å². The van der Waals surface area contributed by atoms with Gasteiger partial charge in [-0.3, -0.25) is 4.79 Å². The second-order valence-electron chi connectivity index (χ2n) is 7.60. The van der Waals surface area contributed by atoms with Crippen LogP contribution in [0.25, 0.3) is 0 Å². The van der Waals surface area contributed by atoms with Crippen molar-refractivity contribution in [3.05, 3.63) is 11.9 Å². The Morgan fingerprint density at radius 1 is 1.24 bits per heavy atom. The third-order valence-electron chi connectivity index (χ3n) is 4.57. The van der Waals surface area contributed by atoms with Crippen LogP contribution in [-0.4, -0.2) is 76.2 Å². The second kappa shape index (κ2) is 6.34. The molecule has 0 saturated carbocycles. The number of fused-ring (bicyclic) bond motifs is 1. The topological polar surface area (TPSA) is 56.3 Å². The van der Waals surface area contributed by atoms with Crippen LogP contribution in [0.15, 0.2) is 11.9 Å². The summed E-state index contributed by atoms with van der Waals surface area (Å²) in [5, 5.41) is 0. The van der Waals surface area contributed by atoms with Gasteiger partial charge in [0.1, 0.15) is 11.3 Å². The first-order chi connectivity index (χ1) is 11.7. The maximum absolute atomic E-state index is 12.7. The molecule has 2 fully saturated rings. The van der Waals surface area contributed by atoms with Crippen LogP contribution in [0.3, 0.4) is 0 Å². The van der Waals surface area contributed by atoms with Crippen LogP contribution in [0.4, 0.5) is 13.6 Å². The molecule has 3 aliphatic heterocycles. The van der Waals surface area contributed by atoms with Gasteiger partial charge in [0.15, 0.2) is 0 Å². The van der Waals surface area contributed by atoms with E-state index >= 15 is 0 Å². The van der Waals surface area contributed by atoms with Crippen molar-refractivity contribution in [3.63, 3.8) is 0 Å². The highest BCUT2D eigenvalue weighted by Crippen LogP contribution is 2.30. The Kier molecular flexibility index (Phi) is 4.51. The number of likely N-dealkylation sites (tertiary alicyclic amines) is 1. The van der Waals surface area contributed by atoms with Gasteiger partial charge in [-0.05, 0) is 33.6 Å². The van der Waals surface area contributed by atoms with Crippen molar-refractivity contribution in [3.8, 4) is 0 Å². The van der Waals surface area contributed by atoms with Gasteiger partial charge in [0.05, 0.1) is 13.3 Å². The van der Waals surface area contributed by atoms with E-state index in [0.717, 1.165) is 4.90 Å². The summed E-state index contributed by atoms with van der Waals surface area (Å²) in [6.45, 7) is 4.27. The van der Waals surface area contributed by atoms with Gasteiger partial charge >= 0.3 is 12.6 Å². The molecule has 0 aromatic heterocycles. The predicted molar refractivity (Wildman–Crippen MR) is 85.2 cm³/mol. The molecule has 3 aliphatic rings. The highest BCUT2D eigenvalue weighted by Gasteiger charge is 2.42. The number of alkyl halides is 2. The van der Waals surface area contributed by atoms with E-state index in [1.165, 1.54) is 6.20 Å². The quantitative estimate of drug-likeness (QED) is 0.705. The normalized spacial score (nSPS) is 22.0. The molecule has 0 spiro atoms. The molecule has 3 rings (SSSR count). The van der Waals surface area contributed by atoms with Crippen LogP contribution < -0.4 is 0 Å². The molecule has 0 aromatic carbocycles. The molecule has 25 heavy (non-hydrogen) atoms. The van der Waals surface area contributed by atoms with Gasteiger partial charge in [-0.25, -0.2) is 4.79 Å². The zero-order valence-electron chi connectivity index (χ0n) is 14.7. The van der Waals surface area contributed by atoms with Crippen molar-refractivity contribution in [2.75, 3.05) is 26.4 Å². The molecule has 7 nitrogen and oxygen atoms in total. The van der Waals surface area contributed by atoms with Gasteiger partial charge in [0.25, 0.3) is 5.91 Å². The summed E-state index contributed by atoms with van der Waals surface area (Å²) in [7, 11) is 0. The standard InChI is InChI=1S/C16H24F2N4O3/c1-16(2,3)25-15(24)19-6-4-11(5-7-19)22-10-21-9-20(14(17)18)8-12(21)13(22)23/h8,11,14H,4-7,9-10H2,1-3H3. The molecule has 9 heteroatoms. The number of rotatable bonds is 2. The van der Waals surface area contributed by atoms with E-state index < -0.39 is 12.2 Å². The number of hydrogen-bond donors (Lipinski definition) is 0. The number of carbonyl (C=O) groups excluding carboxylic acids is 2. The zero-order valence-corrected chi connectivity index (χ0v) is 14.7. The van der Waals surface area contributed by atoms with E-state index in [0.29, 0.717) is 38.3 Å². The highest BCUT2D eigenvalue weighted by molar-refractivity contribution is 5.95. The molecule has 0 aliphatic carbocycles. The Morgan fingerprint density at radius 3 is 2.40 bits per heavy atom. The lowest BCUT2D eigenvalue weighted by atomic mass is 10.0. The Hall–Kier alpha value is -2.06. The van der Waals surface area contributed by atoms with Crippen LogP contribution in [0.5, 0.6) is 0 Å². The number of ether oxygens (including phenoxy) is 1. The summed E-state index contributed by atoms with van der Waals surface area (Å²) >= 11 is 0. The maximum atomic E-state index is 12.7. The fourth-order valence-corrected chi connectivity index (χ4v) is 3.35. The number of piperidine rings is 1. The first-order valence-corrected chi connectivity index (χ1v) is 8.45. The minimum absolute atomic E-state index is 0.0117. The summed E-state index contributed by atoms with van der Waals surface area (Å²) in [5.41, 5.74) is -0.207. The fraction of sp³-hybridized carbons (Fsp3) is 0.750. The van der Waals surface area contributed by atoms with Crippen molar-refractivity contribution in [2.24, 2.45) is 0 Å². The van der Waals surface area contributed by atoms with Gasteiger partial charge in [0.2, 0.25) is 0 Å². The molecular formula is C16H24F2N4O3. The number of nitrogens with zero attached hydrogens (tertiary/aromatic N) is 4. The van der Waals surface area contributed by atoms with E-state index in [4.69, 9.17) is 4.74 Å². The van der Waals surface area contributed by atoms with Crippen LogP contribution in [0, 0.1) is 0 Å². The van der Waals surface area contributed by atoms with Crippen LogP contribution in [0.1, 0.15) is 33.6 Å². The molecule has 0 unspecified atom stereocenters. The number of amides is 2. The number of hydrogen-bond acceptors (Lipinski definition) is 5. The van der Waals surface area contributed by atoms with Crippen LogP contribution >= 0.6 is 0 Å². The van der Waals surface area contributed by atoms with Gasteiger partial charge in [-0.15, -0.1) is 0 Å². The SMILES string of the molecule is CC(C)(C)OC(=O)N1CCC(N2CN3CN(C(F)F)C=C3C2=O)CC1. The minimum Gasteiger partial charge on any atom is -0.444 e. The molecule has 0 atom stereocenters. The lowest BCUT2D eigenvalue weighted by Gasteiger charge is -2.37. The number of halogens is 2. The van der Waals surface area contributed by atoms with E-state index in [1.54, 1.807) is 14.7 Å². The second-order valence-corrected chi connectivity index (χ2v) is 7.60. The zero-order chi connectivity index (χ0) is 18.4.